The van der Waals surface area contributed by atoms with Gasteiger partial charge in [-0.05, 0) is 129 Å². The number of hydrogen-bond donors (Lipinski definition) is 0. The van der Waals surface area contributed by atoms with E-state index in [9.17, 15) is 4.79 Å². The Bertz CT molecular complexity index is 1110. The predicted molar refractivity (Wildman–Crippen MR) is 192 cm³/mol. The standard InChI is InChI=1S/C41H64O5S/c1-3-4-27-47-28-15-9-7-5-6-8-10-16-33-39-32(23-24-41(2)35(39)21-22-36(41)46-38-18-12-14-26-44-38)31-20-19-30(29-34(31)40(33)42)45-37-17-11-13-25-43-37/h19-20,29,32-33,35-39H,3-18,21-28H2,1-2H3/t32?,33?,35?,36-,37?,38?,39?,41-/m0/s1. The Hall–Kier alpha value is -1.08. The summed E-state index contributed by atoms with van der Waals surface area (Å²) < 4.78 is 25.0. The van der Waals surface area contributed by atoms with Crippen LogP contribution in [0.2, 0.25) is 0 Å². The molecule has 0 amide bonds. The van der Waals surface area contributed by atoms with Gasteiger partial charge in [0.05, 0.1) is 12.7 Å². The molecule has 0 spiro atoms. The summed E-state index contributed by atoms with van der Waals surface area (Å²) >= 11 is 2.13. The lowest BCUT2D eigenvalue weighted by Crippen LogP contribution is -2.50. The van der Waals surface area contributed by atoms with Gasteiger partial charge in [-0.3, -0.25) is 4.79 Å². The van der Waals surface area contributed by atoms with E-state index in [-0.39, 0.29) is 30.0 Å². The second kappa shape index (κ2) is 17.7. The van der Waals surface area contributed by atoms with E-state index < -0.39 is 0 Å². The van der Waals surface area contributed by atoms with Crippen molar-refractivity contribution >= 4 is 17.5 Å². The number of fused-ring (bicyclic) bond motifs is 5. The molecule has 0 bridgehead atoms. The number of carbonyl (C=O) groups is 1. The normalized spacial score (nSPS) is 33.7. The van der Waals surface area contributed by atoms with Crippen molar-refractivity contribution in [2.45, 2.75) is 167 Å². The van der Waals surface area contributed by atoms with Crippen LogP contribution in [0.4, 0.5) is 0 Å². The minimum atomic E-state index is -0.192. The maximum Gasteiger partial charge on any atom is 0.199 e. The van der Waals surface area contributed by atoms with Crippen molar-refractivity contribution in [3.63, 3.8) is 0 Å². The molecule has 0 aromatic heterocycles. The predicted octanol–water partition coefficient (Wildman–Crippen LogP) is 10.9. The first kappa shape index (κ1) is 35.7. The molecule has 6 heteroatoms. The van der Waals surface area contributed by atoms with Gasteiger partial charge in [-0.25, -0.2) is 0 Å². The van der Waals surface area contributed by atoms with Crippen LogP contribution in [0.3, 0.4) is 0 Å². The van der Waals surface area contributed by atoms with Crippen LogP contribution in [0.1, 0.15) is 164 Å². The number of hydrogen-bond acceptors (Lipinski definition) is 6. The summed E-state index contributed by atoms with van der Waals surface area (Å²) in [7, 11) is 0. The minimum absolute atomic E-state index is 0.0436. The van der Waals surface area contributed by atoms with Gasteiger partial charge in [0.15, 0.2) is 18.4 Å². The average molecular weight is 669 g/mol. The molecule has 3 aliphatic carbocycles. The highest BCUT2D eigenvalue weighted by molar-refractivity contribution is 7.99. The summed E-state index contributed by atoms with van der Waals surface area (Å²) in [6.45, 7) is 6.36. The molecule has 1 aromatic carbocycles. The molecule has 1 aromatic rings. The van der Waals surface area contributed by atoms with E-state index in [0.29, 0.717) is 23.5 Å². The number of unbranched alkanes of at least 4 members (excludes halogenated alkanes) is 7. The fraction of sp³-hybridized carbons (Fsp3) is 0.829. The second-order valence-corrected chi connectivity index (χ2v) is 16.9. The molecular weight excluding hydrogens is 605 g/mol. The number of carbonyl (C=O) groups excluding carboxylic acids is 1. The van der Waals surface area contributed by atoms with E-state index >= 15 is 0 Å². The van der Waals surface area contributed by atoms with Gasteiger partial charge in [-0.2, -0.15) is 11.8 Å². The van der Waals surface area contributed by atoms with Gasteiger partial charge in [0, 0.05) is 24.5 Å². The third kappa shape index (κ3) is 8.81. The Kier molecular flexibility index (Phi) is 13.5. The second-order valence-electron chi connectivity index (χ2n) is 15.7. The zero-order valence-corrected chi connectivity index (χ0v) is 30.5. The summed E-state index contributed by atoms with van der Waals surface area (Å²) in [5.74, 6) is 5.32. The highest BCUT2D eigenvalue weighted by Crippen LogP contribution is 2.63. The molecule has 2 aliphatic heterocycles. The molecule has 6 rings (SSSR count). The third-order valence-corrected chi connectivity index (χ3v) is 13.7. The maximum absolute atomic E-state index is 14.6. The van der Waals surface area contributed by atoms with E-state index in [4.69, 9.17) is 18.9 Å². The Morgan fingerprint density at radius 1 is 0.830 bits per heavy atom. The largest absolute Gasteiger partial charge is 0.465 e. The van der Waals surface area contributed by atoms with Gasteiger partial charge in [0.25, 0.3) is 0 Å². The number of rotatable bonds is 17. The van der Waals surface area contributed by atoms with Crippen molar-refractivity contribution in [2.75, 3.05) is 24.7 Å². The lowest BCUT2D eigenvalue weighted by molar-refractivity contribution is -0.213. The van der Waals surface area contributed by atoms with Crippen molar-refractivity contribution < 1.29 is 23.7 Å². The van der Waals surface area contributed by atoms with Crippen molar-refractivity contribution in [1.82, 2.24) is 0 Å². The quantitative estimate of drug-likeness (QED) is 0.154. The van der Waals surface area contributed by atoms with Gasteiger partial charge in [0.1, 0.15) is 5.75 Å². The summed E-state index contributed by atoms with van der Waals surface area (Å²) in [6.07, 6.45) is 23.9. The Labute approximate surface area is 290 Å². The van der Waals surface area contributed by atoms with Gasteiger partial charge in [0.2, 0.25) is 0 Å². The van der Waals surface area contributed by atoms with Gasteiger partial charge in [-0.1, -0.05) is 64.9 Å². The first-order chi connectivity index (χ1) is 23.1. The molecule has 0 radical (unpaired) electrons. The van der Waals surface area contributed by atoms with Crippen LogP contribution in [0.15, 0.2) is 18.2 Å². The fourth-order valence-corrected chi connectivity index (χ4v) is 11.0. The molecule has 2 heterocycles. The number of ether oxygens (including phenoxy) is 4. The Morgan fingerprint density at radius 2 is 1.55 bits per heavy atom. The van der Waals surface area contributed by atoms with Gasteiger partial charge < -0.3 is 18.9 Å². The van der Waals surface area contributed by atoms with Crippen LogP contribution >= 0.6 is 11.8 Å². The number of benzene rings is 1. The zero-order chi connectivity index (χ0) is 32.5. The summed E-state index contributed by atoms with van der Waals surface area (Å²) in [4.78, 5) is 14.6. The van der Waals surface area contributed by atoms with Crippen molar-refractivity contribution in [3.8, 4) is 5.75 Å². The highest BCUT2D eigenvalue weighted by Gasteiger charge is 2.59. The third-order valence-electron chi connectivity index (χ3n) is 12.5. The molecular formula is C41H64O5S. The summed E-state index contributed by atoms with van der Waals surface area (Å²) in [5.41, 5.74) is 2.34. The Balaban J connectivity index is 1.11. The van der Waals surface area contributed by atoms with Crippen LogP contribution in [-0.4, -0.2) is 49.2 Å². The first-order valence-corrected chi connectivity index (χ1v) is 21.0. The minimum Gasteiger partial charge on any atom is -0.465 e. The van der Waals surface area contributed by atoms with Crippen LogP contribution in [0.25, 0.3) is 0 Å². The summed E-state index contributed by atoms with van der Waals surface area (Å²) in [5, 5.41) is 0. The van der Waals surface area contributed by atoms with Gasteiger partial charge in [-0.15, -0.1) is 0 Å². The molecule has 0 N–H and O–H groups in total. The van der Waals surface area contributed by atoms with E-state index in [0.717, 1.165) is 82.3 Å². The SMILES string of the molecule is CCCCSCCCCCCCCCC1C(=O)c2cc(OC3CCCCO3)ccc2C2CC[C@@]3(C)C(CC[C@@H]3OC3CCCCO3)C12. The molecule has 264 valence electrons. The monoisotopic (exact) mass is 668 g/mol. The molecule has 6 unspecified atom stereocenters. The van der Waals surface area contributed by atoms with Crippen LogP contribution in [0.5, 0.6) is 5.75 Å². The molecule has 2 saturated carbocycles. The fourth-order valence-electron chi connectivity index (χ4n) is 9.90. The lowest BCUT2D eigenvalue weighted by atomic mass is 9.51. The van der Waals surface area contributed by atoms with E-state index in [1.807, 2.05) is 0 Å². The van der Waals surface area contributed by atoms with Crippen molar-refractivity contribution in [1.29, 1.82) is 0 Å². The molecule has 8 atom stereocenters. The van der Waals surface area contributed by atoms with E-state index in [2.05, 4.69) is 43.8 Å². The molecule has 5 aliphatic rings. The smallest absolute Gasteiger partial charge is 0.199 e. The van der Waals surface area contributed by atoms with Gasteiger partial charge >= 0.3 is 0 Å². The maximum atomic E-state index is 14.6. The molecule has 2 saturated heterocycles. The topological polar surface area (TPSA) is 54.0 Å². The summed E-state index contributed by atoms with van der Waals surface area (Å²) in [6, 6.07) is 6.43. The first-order valence-electron chi connectivity index (χ1n) is 19.9. The Morgan fingerprint density at radius 3 is 2.30 bits per heavy atom. The molecule has 47 heavy (non-hydrogen) atoms. The highest BCUT2D eigenvalue weighted by atomic mass is 32.2. The number of thioether (sulfide) groups is 1. The van der Waals surface area contributed by atoms with Crippen molar-refractivity contribution in [2.24, 2.45) is 23.2 Å². The molecule has 4 fully saturated rings. The van der Waals surface area contributed by atoms with Crippen LogP contribution in [0, 0.1) is 23.2 Å². The van der Waals surface area contributed by atoms with Crippen LogP contribution < -0.4 is 4.74 Å². The van der Waals surface area contributed by atoms with Crippen LogP contribution in [-0.2, 0) is 14.2 Å². The molecule has 5 nitrogen and oxygen atoms in total. The lowest BCUT2D eigenvalue weighted by Gasteiger charge is -2.53. The zero-order valence-electron chi connectivity index (χ0n) is 29.7. The van der Waals surface area contributed by atoms with E-state index in [1.165, 1.54) is 87.7 Å². The van der Waals surface area contributed by atoms with Crippen molar-refractivity contribution in [3.05, 3.63) is 29.3 Å². The van der Waals surface area contributed by atoms with E-state index in [1.54, 1.807) is 0 Å². The number of ketones is 1. The number of Topliss-reactive ketones (excluding diaryl/α,β-unsaturated/α-hetero) is 1. The average Bonchev–Trinajstić information content (AvgIpc) is 3.42.